The van der Waals surface area contributed by atoms with E-state index in [0.29, 0.717) is 18.7 Å². The van der Waals surface area contributed by atoms with E-state index >= 15 is 0 Å². The molecule has 0 aliphatic rings. The van der Waals surface area contributed by atoms with Gasteiger partial charge in [-0.25, -0.2) is 0 Å². The maximum Gasteiger partial charge on any atom is 0.306 e. The fraction of sp³-hybridized carbons (Fsp3) is 0.385. The Kier molecular flexibility index (Phi) is 5.17. The number of nitrogen functional groups attached to an aromatic ring is 1. The Hall–Kier alpha value is -2.04. The van der Waals surface area contributed by atoms with Crippen molar-refractivity contribution in [1.29, 1.82) is 0 Å². The zero-order chi connectivity index (χ0) is 13.5. The molecule has 0 aliphatic heterocycles. The number of aliphatic carboxylic acids is 1. The molecule has 4 N–H and O–H groups in total. The van der Waals surface area contributed by atoms with E-state index in [-0.39, 0.29) is 12.3 Å². The van der Waals surface area contributed by atoms with Crippen molar-refractivity contribution in [2.75, 3.05) is 12.3 Å². The largest absolute Gasteiger partial charge is 0.481 e. The number of carboxylic acid groups (broad SMARTS) is 1. The van der Waals surface area contributed by atoms with E-state index in [9.17, 15) is 9.59 Å². The zero-order valence-electron chi connectivity index (χ0n) is 10.3. The number of rotatable bonds is 6. The number of carboxylic acids is 1. The fourth-order valence-electron chi connectivity index (χ4n) is 1.43. The van der Waals surface area contributed by atoms with Crippen LogP contribution in [0.25, 0.3) is 0 Å². The molecule has 1 aromatic carbocycles. The van der Waals surface area contributed by atoms with Crippen molar-refractivity contribution in [3.05, 3.63) is 29.8 Å². The number of hydrogen-bond acceptors (Lipinski definition) is 3. The zero-order valence-corrected chi connectivity index (χ0v) is 10.3. The van der Waals surface area contributed by atoms with Crippen LogP contribution in [0.4, 0.5) is 5.69 Å². The van der Waals surface area contributed by atoms with Gasteiger partial charge < -0.3 is 16.2 Å². The summed E-state index contributed by atoms with van der Waals surface area (Å²) in [5.74, 6) is -1.40. The van der Waals surface area contributed by atoms with Crippen LogP contribution in [-0.4, -0.2) is 23.5 Å². The van der Waals surface area contributed by atoms with Gasteiger partial charge in [0.2, 0.25) is 5.91 Å². The highest BCUT2D eigenvalue weighted by atomic mass is 16.4. The third-order valence-corrected chi connectivity index (χ3v) is 2.67. The van der Waals surface area contributed by atoms with Crippen molar-refractivity contribution >= 4 is 17.6 Å². The van der Waals surface area contributed by atoms with Gasteiger partial charge in [0.1, 0.15) is 0 Å². The van der Waals surface area contributed by atoms with Crippen LogP contribution in [0.2, 0.25) is 0 Å². The Morgan fingerprint density at radius 2 is 1.94 bits per heavy atom. The smallest absolute Gasteiger partial charge is 0.306 e. The van der Waals surface area contributed by atoms with E-state index in [0.717, 1.165) is 5.56 Å². The molecule has 0 fully saturated rings. The van der Waals surface area contributed by atoms with Gasteiger partial charge in [-0.05, 0) is 24.1 Å². The van der Waals surface area contributed by atoms with Crippen LogP contribution in [0, 0.1) is 5.92 Å². The minimum absolute atomic E-state index is 0.114. The van der Waals surface area contributed by atoms with E-state index < -0.39 is 11.9 Å². The summed E-state index contributed by atoms with van der Waals surface area (Å²) in [4.78, 5) is 22.1. The molecule has 1 atom stereocenters. The van der Waals surface area contributed by atoms with Crippen LogP contribution in [-0.2, 0) is 16.0 Å². The van der Waals surface area contributed by atoms with Gasteiger partial charge in [0.25, 0.3) is 0 Å². The first kappa shape index (κ1) is 14.0. The highest BCUT2D eigenvalue weighted by molar-refractivity contribution is 5.78. The first-order chi connectivity index (χ1) is 8.49. The molecule has 5 nitrogen and oxygen atoms in total. The molecule has 0 saturated heterocycles. The lowest BCUT2D eigenvalue weighted by Gasteiger charge is -2.08. The second kappa shape index (κ2) is 6.64. The summed E-state index contributed by atoms with van der Waals surface area (Å²) in [6, 6.07) is 7.09. The molecule has 18 heavy (non-hydrogen) atoms. The number of amides is 1. The maximum absolute atomic E-state index is 11.6. The molecule has 1 rings (SSSR count). The summed E-state index contributed by atoms with van der Waals surface area (Å²) in [7, 11) is 0. The lowest BCUT2D eigenvalue weighted by molar-refractivity contribution is -0.141. The SMILES string of the molecule is CC(CCNC(=O)Cc1ccc(N)cc1)C(=O)O. The van der Waals surface area contributed by atoms with Gasteiger partial charge in [0.15, 0.2) is 0 Å². The number of nitrogens with two attached hydrogens (primary N) is 1. The second-order valence-electron chi connectivity index (χ2n) is 4.30. The fourth-order valence-corrected chi connectivity index (χ4v) is 1.43. The van der Waals surface area contributed by atoms with Gasteiger partial charge in [0, 0.05) is 12.2 Å². The lowest BCUT2D eigenvalue weighted by atomic mass is 10.1. The van der Waals surface area contributed by atoms with Gasteiger partial charge in [-0.3, -0.25) is 9.59 Å². The third-order valence-electron chi connectivity index (χ3n) is 2.67. The van der Waals surface area contributed by atoms with Crippen LogP contribution >= 0.6 is 0 Å². The molecule has 5 heteroatoms. The number of hydrogen-bond donors (Lipinski definition) is 3. The third kappa shape index (κ3) is 4.86. The predicted molar refractivity (Wildman–Crippen MR) is 69.0 cm³/mol. The van der Waals surface area contributed by atoms with Crippen LogP contribution in [0.15, 0.2) is 24.3 Å². The summed E-state index contributed by atoms with van der Waals surface area (Å²) >= 11 is 0. The van der Waals surface area contributed by atoms with E-state index in [1.54, 1.807) is 31.2 Å². The number of carbonyl (C=O) groups is 2. The molecule has 0 saturated carbocycles. The normalized spacial score (nSPS) is 11.8. The van der Waals surface area contributed by atoms with E-state index in [1.165, 1.54) is 0 Å². The van der Waals surface area contributed by atoms with Crippen LogP contribution in [0.1, 0.15) is 18.9 Å². The van der Waals surface area contributed by atoms with Crippen molar-refractivity contribution in [1.82, 2.24) is 5.32 Å². The molecule has 1 aromatic rings. The first-order valence-corrected chi connectivity index (χ1v) is 5.83. The molecule has 0 bridgehead atoms. The van der Waals surface area contributed by atoms with E-state index in [4.69, 9.17) is 10.8 Å². The minimum atomic E-state index is -0.845. The predicted octanol–water partition coefficient (Wildman–Crippen LogP) is 1.04. The summed E-state index contributed by atoms with van der Waals surface area (Å²) < 4.78 is 0. The summed E-state index contributed by atoms with van der Waals surface area (Å²) in [6.45, 7) is 2.00. The molecule has 0 aliphatic carbocycles. The first-order valence-electron chi connectivity index (χ1n) is 5.83. The number of nitrogens with one attached hydrogen (secondary N) is 1. The van der Waals surface area contributed by atoms with Crippen molar-refractivity contribution in [2.45, 2.75) is 19.8 Å². The molecular formula is C13H18N2O3. The molecule has 0 radical (unpaired) electrons. The minimum Gasteiger partial charge on any atom is -0.481 e. The van der Waals surface area contributed by atoms with Gasteiger partial charge in [0.05, 0.1) is 12.3 Å². The number of anilines is 1. The average Bonchev–Trinajstić information content (AvgIpc) is 2.32. The second-order valence-corrected chi connectivity index (χ2v) is 4.30. The summed E-state index contributed by atoms with van der Waals surface area (Å²) in [5.41, 5.74) is 7.09. The Morgan fingerprint density at radius 1 is 1.33 bits per heavy atom. The van der Waals surface area contributed by atoms with Crippen molar-refractivity contribution in [3.63, 3.8) is 0 Å². The van der Waals surface area contributed by atoms with Gasteiger partial charge in [-0.15, -0.1) is 0 Å². The molecule has 0 heterocycles. The van der Waals surface area contributed by atoms with Crippen LogP contribution in [0.5, 0.6) is 0 Å². The highest BCUT2D eigenvalue weighted by Crippen LogP contribution is 2.06. The molecular weight excluding hydrogens is 232 g/mol. The summed E-state index contributed by atoms with van der Waals surface area (Å²) in [5, 5.41) is 11.4. The quantitative estimate of drug-likeness (QED) is 0.658. The van der Waals surface area contributed by atoms with Crippen molar-refractivity contribution in [3.8, 4) is 0 Å². The van der Waals surface area contributed by atoms with E-state index in [2.05, 4.69) is 5.32 Å². The number of carbonyl (C=O) groups excluding carboxylic acids is 1. The standard InChI is InChI=1S/C13H18N2O3/c1-9(13(17)18)6-7-15-12(16)8-10-2-4-11(14)5-3-10/h2-5,9H,6-8,14H2,1H3,(H,15,16)(H,17,18). The molecule has 1 unspecified atom stereocenters. The molecule has 0 aromatic heterocycles. The average molecular weight is 250 g/mol. The summed E-state index contributed by atoms with van der Waals surface area (Å²) in [6.07, 6.45) is 0.713. The van der Waals surface area contributed by atoms with E-state index in [1.807, 2.05) is 0 Å². The van der Waals surface area contributed by atoms with Crippen LogP contribution < -0.4 is 11.1 Å². The van der Waals surface area contributed by atoms with Gasteiger partial charge in [-0.2, -0.15) is 0 Å². The van der Waals surface area contributed by atoms with Crippen LogP contribution in [0.3, 0.4) is 0 Å². The molecule has 1 amide bonds. The monoisotopic (exact) mass is 250 g/mol. The van der Waals surface area contributed by atoms with Gasteiger partial charge in [-0.1, -0.05) is 19.1 Å². The number of benzene rings is 1. The maximum atomic E-state index is 11.6. The molecule has 0 spiro atoms. The van der Waals surface area contributed by atoms with Crippen molar-refractivity contribution in [2.24, 2.45) is 5.92 Å². The topological polar surface area (TPSA) is 92.4 Å². The lowest BCUT2D eigenvalue weighted by Crippen LogP contribution is -2.28. The Labute approximate surface area is 106 Å². The molecule has 98 valence electrons. The Morgan fingerprint density at radius 3 is 2.50 bits per heavy atom. The Bertz CT molecular complexity index is 415. The highest BCUT2D eigenvalue weighted by Gasteiger charge is 2.10. The van der Waals surface area contributed by atoms with Crippen molar-refractivity contribution < 1.29 is 14.7 Å². The Balaban J connectivity index is 2.30. The van der Waals surface area contributed by atoms with Gasteiger partial charge >= 0.3 is 5.97 Å².